The first-order chi connectivity index (χ1) is 8.02. The van der Waals surface area contributed by atoms with Gasteiger partial charge in [0, 0.05) is 0 Å². The molecule has 0 unspecified atom stereocenters. The number of allylic oxidation sites excluding steroid dienone is 3. The maximum Gasteiger partial charge on any atom is 0.0682 e. The smallest absolute Gasteiger partial charge is 0.0682 e. The van der Waals surface area contributed by atoms with E-state index in [9.17, 15) is 5.11 Å². The van der Waals surface area contributed by atoms with Crippen LogP contribution in [0.4, 0.5) is 0 Å². The monoisotopic (exact) mass is 236 g/mol. The Labute approximate surface area is 107 Å². The fourth-order valence-corrected chi connectivity index (χ4v) is 2.47. The molecule has 1 rings (SSSR count). The van der Waals surface area contributed by atoms with Crippen LogP contribution < -0.4 is 0 Å². The Kier molecular flexibility index (Phi) is 5.97. The SMILES string of the molecule is CC(C)=CCC/C(C)=C\CC1(O)CCCCC1. The van der Waals surface area contributed by atoms with Crippen LogP contribution in [0.25, 0.3) is 0 Å². The van der Waals surface area contributed by atoms with Crippen molar-refractivity contribution in [2.45, 2.75) is 77.7 Å². The molecule has 1 aliphatic rings. The van der Waals surface area contributed by atoms with Crippen molar-refractivity contribution in [3.8, 4) is 0 Å². The summed E-state index contributed by atoms with van der Waals surface area (Å²) in [4.78, 5) is 0. The zero-order valence-corrected chi connectivity index (χ0v) is 11.8. The van der Waals surface area contributed by atoms with Gasteiger partial charge in [-0.05, 0) is 52.9 Å². The van der Waals surface area contributed by atoms with Crippen LogP contribution in [0.15, 0.2) is 23.3 Å². The van der Waals surface area contributed by atoms with E-state index in [1.54, 1.807) is 0 Å². The van der Waals surface area contributed by atoms with E-state index in [0.717, 1.165) is 32.1 Å². The molecule has 1 nitrogen and oxygen atoms in total. The predicted molar refractivity (Wildman–Crippen MR) is 75.1 cm³/mol. The largest absolute Gasteiger partial charge is 0.390 e. The summed E-state index contributed by atoms with van der Waals surface area (Å²) in [6, 6.07) is 0. The number of hydrogen-bond donors (Lipinski definition) is 1. The second-order valence-corrected chi connectivity index (χ2v) is 5.86. The van der Waals surface area contributed by atoms with Crippen LogP contribution in [-0.2, 0) is 0 Å². The van der Waals surface area contributed by atoms with E-state index in [4.69, 9.17) is 0 Å². The topological polar surface area (TPSA) is 20.2 Å². The Bertz CT molecular complexity index is 276. The van der Waals surface area contributed by atoms with Crippen LogP contribution in [-0.4, -0.2) is 10.7 Å². The van der Waals surface area contributed by atoms with Crippen molar-refractivity contribution in [3.05, 3.63) is 23.3 Å². The molecule has 0 radical (unpaired) electrons. The van der Waals surface area contributed by atoms with Crippen LogP contribution in [0.3, 0.4) is 0 Å². The van der Waals surface area contributed by atoms with Crippen LogP contribution in [0.2, 0.25) is 0 Å². The minimum Gasteiger partial charge on any atom is -0.390 e. The van der Waals surface area contributed by atoms with Crippen LogP contribution in [0.1, 0.15) is 72.1 Å². The summed E-state index contributed by atoms with van der Waals surface area (Å²) in [6.45, 7) is 6.47. The van der Waals surface area contributed by atoms with Gasteiger partial charge < -0.3 is 5.11 Å². The molecule has 0 atom stereocenters. The van der Waals surface area contributed by atoms with Gasteiger partial charge in [-0.15, -0.1) is 0 Å². The molecule has 0 saturated heterocycles. The van der Waals surface area contributed by atoms with Crippen molar-refractivity contribution in [1.29, 1.82) is 0 Å². The van der Waals surface area contributed by atoms with E-state index in [1.807, 2.05) is 0 Å². The maximum atomic E-state index is 10.4. The van der Waals surface area contributed by atoms with Crippen molar-refractivity contribution >= 4 is 0 Å². The van der Waals surface area contributed by atoms with E-state index in [1.165, 1.54) is 30.4 Å². The molecule has 0 heterocycles. The Morgan fingerprint density at radius 2 is 1.71 bits per heavy atom. The molecule has 0 aromatic carbocycles. The molecule has 1 aliphatic carbocycles. The predicted octanol–water partition coefficient (Wildman–Crippen LogP) is 4.76. The molecule has 0 amide bonds. The summed E-state index contributed by atoms with van der Waals surface area (Å²) < 4.78 is 0. The van der Waals surface area contributed by atoms with Gasteiger partial charge in [0.05, 0.1) is 5.60 Å². The zero-order valence-electron chi connectivity index (χ0n) is 11.8. The molecule has 0 aromatic rings. The summed E-state index contributed by atoms with van der Waals surface area (Å²) in [5, 5.41) is 10.4. The van der Waals surface area contributed by atoms with Gasteiger partial charge in [-0.3, -0.25) is 0 Å². The second-order valence-electron chi connectivity index (χ2n) is 5.86. The molecule has 98 valence electrons. The quantitative estimate of drug-likeness (QED) is 0.682. The molecular formula is C16H28O. The highest BCUT2D eigenvalue weighted by Crippen LogP contribution is 2.31. The summed E-state index contributed by atoms with van der Waals surface area (Å²) in [5.74, 6) is 0. The fourth-order valence-electron chi connectivity index (χ4n) is 2.47. The highest BCUT2D eigenvalue weighted by atomic mass is 16.3. The van der Waals surface area contributed by atoms with Gasteiger partial charge in [0.2, 0.25) is 0 Å². The molecule has 0 spiro atoms. The first-order valence-electron chi connectivity index (χ1n) is 7.03. The van der Waals surface area contributed by atoms with Gasteiger partial charge in [0.25, 0.3) is 0 Å². The highest BCUT2D eigenvalue weighted by Gasteiger charge is 2.27. The second kappa shape index (κ2) is 7.00. The highest BCUT2D eigenvalue weighted by molar-refractivity contribution is 5.04. The van der Waals surface area contributed by atoms with Crippen molar-refractivity contribution in [3.63, 3.8) is 0 Å². The van der Waals surface area contributed by atoms with E-state index < -0.39 is 5.60 Å². The van der Waals surface area contributed by atoms with Crippen LogP contribution in [0.5, 0.6) is 0 Å². The Morgan fingerprint density at radius 3 is 2.29 bits per heavy atom. The summed E-state index contributed by atoms with van der Waals surface area (Å²) >= 11 is 0. The Balaban J connectivity index is 2.33. The van der Waals surface area contributed by atoms with Gasteiger partial charge in [-0.2, -0.15) is 0 Å². The number of hydrogen-bond acceptors (Lipinski definition) is 1. The summed E-state index contributed by atoms with van der Waals surface area (Å²) in [7, 11) is 0. The van der Waals surface area contributed by atoms with Crippen LogP contribution in [0, 0.1) is 0 Å². The van der Waals surface area contributed by atoms with E-state index in [-0.39, 0.29) is 0 Å². The van der Waals surface area contributed by atoms with Crippen molar-refractivity contribution in [2.75, 3.05) is 0 Å². The van der Waals surface area contributed by atoms with Crippen molar-refractivity contribution in [2.24, 2.45) is 0 Å². The first kappa shape index (κ1) is 14.5. The standard InChI is InChI=1S/C16H28O/c1-14(2)8-7-9-15(3)10-13-16(17)11-5-4-6-12-16/h8,10,17H,4-7,9,11-13H2,1-3H3/b15-10-. The third kappa shape index (κ3) is 6.07. The van der Waals surface area contributed by atoms with Gasteiger partial charge in [-0.1, -0.05) is 42.6 Å². The van der Waals surface area contributed by atoms with Crippen molar-refractivity contribution < 1.29 is 5.11 Å². The average Bonchev–Trinajstić information content (AvgIpc) is 2.27. The van der Waals surface area contributed by atoms with Crippen molar-refractivity contribution in [1.82, 2.24) is 0 Å². The minimum absolute atomic E-state index is 0.393. The summed E-state index contributed by atoms with van der Waals surface area (Å²) in [6.07, 6.45) is 13.3. The Hall–Kier alpha value is -0.560. The zero-order chi connectivity index (χ0) is 12.7. The lowest BCUT2D eigenvalue weighted by Gasteiger charge is -2.31. The van der Waals surface area contributed by atoms with E-state index in [2.05, 4.69) is 32.9 Å². The average molecular weight is 236 g/mol. The summed E-state index contributed by atoms with van der Waals surface area (Å²) in [5.41, 5.74) is 2.42. The molecule has 1 saturated carbocycles. The third-order valence-corrected chi connectivity index (χ3v) is 3.71. The number of rotatable bonds is 5. The third-order valence-electron chi connectivity index (χ3n) is 3.71. The molecular weight excluding hydrogens is 208 g/mol. The molecule has 0 aromatic heterocycles. The normalized spacial score (nSPS) is 20.1. The van der Waals surface area contributed by atoms with Crippen LogP contribution >= 0.6 is 0 Å². The lowest BCUT2D eigenvalue weighted by atomic mass is 9.82. The van der Waals surface area contributed by atoms with Gasteiger partial charge in [-0.25, -0.2) is 0 Å². The van der Waals surface area contributed by atoms with Gasteiger partial charge >= 0.3 is 0 Å². The molecule has 0 aliphatic heterocycles. The maximum absolute atomic E-state index is 10.4. The minimum atomic E-state index is -0.393. The van der Waals surface area contributed by atoms with E-state index >= 15 is 0 Å². The molecule has 1 heteroatoms. The fraction of sp³-hybridized carbons (Fsp3) is 0.750. The molecule has 1 N–H and O–H groups in total. The van der Waals surface area contributed by atoms with E-state index in [0.29, 0.717) is 0 Å². The molecule has 0 bridgehead atoms. The number of aliphatic hydroxyl groups is 1. The molecule has 1 fully saturated rings. The molecule has 17 heavy (non-hydrogen) atoms. The van der Waals surface area contributed by atoms with Gasteiger partial charge in [0.15, 0.2) is 0 Å². The first-order valence-corrected chi connectivity index (χ1v) is 7.03. The Morgan fingerprint density at radius 1 is 1.06 bits per heavy atom. The lowest BCUT2D eigenvalue weighted by molar-refractivity contribution is 0.00676. The van der Waals surface area contributed by atoms with Gasteiger partial charge in [0.1, 0.15) is 0 Å². The lowest BCUT2D eigenvalue weighted by Crippen LogP contribution is -2.30.